The minimum Gasteiger partial charge on any atom is -0.352 e. The molecule has 1 aromatic heterocycles. The number of nitrogens with two attached hydrogens (primary N) is 1. The Morgan fingerprint density at radius 1 is 1.42 bits per heavy atom. The van der Waals surface area contributed by atoms with Gasteiger partial charge in [0.15, 0.2) is 0 Å². The maximum Gasteiger partial charge on any atom is 0.271 e. The standard InChI is InChI=1S/C11H16ClN5O2/c1-6(2)15-9(18)5-14-11(19)10-7(12)3-4-8(16-10)17-13/h3-4,6H,5,13H2,1-2H3,(H,14,19)(H,15,18)(H,16,17). The summed E-state index contributed by atoms with van der Waals surface area (Å²) in [6, 6.07) is 3.04. The first-order chi connectivity index (χ1) is 8.93. The van der Waals surface area contributed by atoms with Gasteiger partial charge in [0.2, 0.25) is 5.91 Å². The van der Waals surface area contributed by atoms with Gasteiger partial charge in [-0.05, 0) is 26.0 Å². The number of pyridine rings is 1. The first kappa shape index (κ1) is 15.2. The van der Waals surface area contributed by atoms with Crippen LogP contribution in [-0.2, 0) is 4.79 Å². The second-order valence-corrected chi connectivity index (χ2v) is 4.48. The fourth-order valence-electron chi connectivity index (χ4n) is 1.30. The van der Waals surface area contributed by atoms with Gasteiger partial charge in [-0.1, -0.05) is 11.6 Å². The second kappa shape index (κ2) is 6.91. The van der Waals surface area contributed by atoms with Crippen molar-refractivity contribution in [2.24, 2.45) is 5.84 Å². The molecule has 0 saturated heterocycles. The van der Waals surface area contributed by atoms with Crippen LogP contribution in [0.1, 0.15) is 24.3 Å². The van der Waals surface area contributed by atoms with Gasteiger partial charge < -0.3 is 16.1 Å². The van der Waals surface area contributed by atoms with Crippen LogP contribution in [0.2, 0.25) is 5.02 Å². The molecule has 5 N–H and O–H groups in total. The van der Waals surface area contributed by atoms with Gasteiger partial charge in [0.05, 0.1) is 11.6 Å². The van der Waals surface area contributed by atoms with E-state index in [1.54, 1.807) is 0 Å². The number of nitrogen functional groups attached to an aromatic ring is 1. The number of hydrogen-bond acceptors (Lipinski definition) is 5. The van der Waals surface area contributed by atoms with Crippen LogP contribution in [0.4, 0.5) is 5.82 Å². The fraction of sp³-hybridized carbons (Fsp3) is 0.364. The second-order valence-electron chi connectivity index (χ2n) is 4.08. The Hall–Kier alpha value is -1.86. The maximum atomic E-state index is 11.8. The van der Waals surface area contributed by atoms with Gasteiger partial charge in [-0.2, -0.15) is 0 Å². The van der Waals surface area contributed by atoms with Crippen molar-refractivity contribution in [1.29, 1.82) is 0 Å². The van der Waals surface area contributed by atoms with E-state index in [1.165, 1.54) is 12.1 Å². The summed E-state index contributed by atoms with van der Waals surface area (Å²) in [4.78, 5) is 27.1. The molecule has 0 fully saturated rings. The molecule has 0 unspecified atom stereocenters. The Balaban J connectivity index is 2.65. The van der Waals surface area contributed by atoms with Gasteiger partial charge in [0.25, 0.3) is 5.91 Å². The molecular weight excluding hydrogens is 270 g/mol. The Bertz CT molecular complexity index is 478. The number of aromatic nitrogens is 1. The van der Waals surface area contributed by atoms with Crippen LogP contribution in [-0.4, -0.2) is 29.4 Å². The van der Waals surface area contributed by atoms with E-state index in [0.29, 0.717) is 5.82 Å². The van der Waals surface area contributed by atoms with Gasteiger partial charge >= 0.3 is 0 Å². The van der Waals surface area contributed by atoms with Crippen molar-refractivity contribution < 1.29 is 9.59 Å². The van der Waals surface area contributed by atoms with Gasteiger partial charge in [0.1, 0.15) is 11.5 Å². The molecular formula is C11H16ClN5O2. The summed E-state index contributed by atoms with van der Waals surface area (Å²) in [5.74, 6) is 4.68. The lowest BCUT2D eigenvalue weighted by atomic mass is 10.3. The lowest BCUT2D eigenvalue weighted by molar-refractivity contribution is -0.120. The average molecular weight is 286 g/mol. The van der Waals surface area contributed by atoms with Crippen LogP contribution in [0.3, 0.4) is 0 Å². The van der Waals surface area contributed by atoms with Crippen molar-refractivity contribution in [3.63, 3.8) is 0 Å². The third-order valence-corrected chi connectivity index (χ3v) is 2.37. The number of hydrogen-bond donors (Lipinski definition) is 4. The predicted octanol–water partition coefficient (Wildman–Crippen LogP) is 0.275. The van der Waals surface area contributed by atoms with E-state index in [4.69, 9.17) is 17.4 Å². The van der Waals surface area contributed by atoms with E-state index in [1.807, 2.05) is 13.8 Å². The average Bonchev–Trinajstić information content (AvgIpc) is 2.35. The quantitative estimate of drug-likeness (QED) is 0.459. The van der Waals surface area contributed by atoms with Crippen molar-refractivity contribution in [2.75, 3.05) is 12.0 Å². The number of nitrogens with zero attached hydrogens (tertiary/aromatic N) is 1. The Kier molecular flexibility index (Phi) is 5.53. The van der Waals surface area contributed by atoms with Crippen LogP contribution in [0.25, 0.3) is 0 Å². The SMILES string of the molecule is CC(C)NC(=O)CNC(=O)c1nc(NN)ccc1Cl. The smallest absolute Gasteiger partial charge is 0.271 e. The highest BCUT2D eigenvalue weighted by atomic mass is 35.5. The third kappa shape index (κ3) is 4.72. The molecule has 104 valence electrons. The summed E-state index contributed by atoms with van der Waals surface area (Å²) < 4.78 is 0. The lowest BCUT2D eigenvalue weighted by Crippen LogP contribution is -2.40. The lowest BCUT2D eigenvalue weighted by Gasteiger charge is -2.10. The monoisotopic (exact) mass is 285 g/mol. The summed E-state index contributed by atoms with van der Waals surface area (Å²) in [5, 5.41) is 5.26. The first-order valence-corrected chi connectivity index (χ1v) is 6.02. The summed E-state index contributed by atoms with van der Waals surface area (Å²) in [6.07, 6.45) is 0. The third-order valence-electron chi connectivity index (χ3n) is 2.07. The molecule has 0 aliphatic carbocycles. The van der Waals surface area contributed by atoms with E-state index in [0.717, 1.165) is 0 Å². The molecule has 0 saturated carbocycles. The molecule has 0 bridgehead atoms. The highest BCUT2D eigenvalue weighted by Crippen LogP contribution is 2.15. The molecule has 2 amide bonds. The molecule has 8 heteroatoms. The Morgan fingerprint density at radius 3 is 2.68 bits per heavy atom. The number of halogens is 1. The van der Waals surface area contributed by atoms with E-state index in [2.05, 4.69) is 21.0 Å². The molecule has 1 rings (SSSR count). The van der Waals surface area contributed by atoms with Gasteiger partial charge in [-0.3, -0.25) is 9.59 Å². The fourth-order valence-corrected chi connectivity index (χ4v) is 1.49. The van der Waals surface area contributed by atoms with Crippen molar-refractivity contribution in [3.8, 4) is 0 Å². The molecule has 0 spiro atoms. The normalized spacial score (nSPS) is 10.2. The van der Waals surface area contributed by atoms with Crippen LogP contribution in [0.15, 0.2) is 12.1 Å². The summed E-state index contributed by atoms with van der Waals surface area (Å²) >= 11 is 5.86. The van der Waals surface area contributed by atoms with Crippen LogP contribution in [0.5, 0.6) is 0 Å². The highest BCUT2D eigenvalue weighted by molar-refractivity contribution is 6.33. The van der Waals surface area contributed by atoms with Gasteiger partial charge in [-0.25, -0.2) is 10.8 Å². The number of nitrogens with one attached hydrogen (secondary N) is 3. The van der Waals surface area contributed by atoms with Crippen molar-refractivity contribution in [1.82, 2.24) is 15.6 Å². The molecule has 0 aliphatic heterocycles. The molecule has 19 heavy (non-hydrogen) atoms. The molecule has 0 atom stereocenters. The number of carbonyl (C=O) groups excluding carboxylic acids is 2. The van der Waals surface area contributed by atoms with E-state index >= 15 is 0 Å². The number of amides is 2. The summed E-state index contributed by atoms with van der Waals surface area (Å²) in [5.41, 5.74) is 2.32. The zero-order valence-electron chi connectivity index (χ0n) is 10.7. The Labute approximate surface area is 115 Å². The van der Waals surface area contributed by atoms with Gasteiger partial charge in [-0.15, -0.1) is 0 Å². The molecule has 1 heterocycles. The minimum atomic E-state index is -0.541. The van der Waals surface area contributed by atoms with Gasteiger partial charge in [0, 0.05) is 6.04 Å². The van der Waals surface area contributed by atoms with Crippen molar-refractivity contribution in [2.45, 2.75) is 19.9 Å². The molecule has 0 aliphatic rings. The molecule has 0 aromatic carbocycles. The topological polar surface area (TPSA) is 109 Å². The number of hydrazine groups is 1. The maximum absolute atomic E-state index is 11.8. The van der Waals surface area contributed by atoms with Crippen molar-refractivity contribution in [3.05, 3.63) is 22.8 Å². The van der Waals surface area contributed by atoms with E-state index in [9.17, 15) is 9.59 Å². The summed E-state index contributed by atoms with van der Waals surface area (Å²) in [6.45, 7) is 3.51. The summed E-state index contributed by atoms with van der Waals surface area (Å²) in [7, 11) is 0. The highest BCUT2D eigenvalue weighted by Gasteiger charge is 2.14. The number of rotatable bonds is 5. The zero-order valence-corrected chi connectivity index (χ0v) is 11.4. The van der Waals surface area contributed by atoms with Crippen LogP contribution in [0, 0.1) is 0 Å². The number of anilines is 1. The van der Waals surface area contributed by atoms with Crippen LogP contribution >= 0.6 is 11.6 Å². The first-order valence-electron chi connectivity index (χ1n) is 5.64. The number of carbonyl (C=O) groups is 2. The van der Waals surface area contributed by atoms with Crippen molar-refractivity contribution >= 4 is 29.2 Å². The molecule has 1 aromatic rings. The minimum absolute atomic E-state index is 0.00876. The molecule has 0 radical (unpaired) electrons. The largest absolute Gasteiger partial charge is 0.352 e. The Morgan fingerprint density at radius 2 is 2.11 bits per heavy atom. The van der Waals surface area contributed by atoms with Crippen LogP contribution < -0.4 is 21.9 Å². The van der Waals surface area contributed by atoms with E-state index in [-0.39, 0.29) is 29.2 Å². The molecule has 7 nitrogen and oxygen atoms in total. The predicted molar refractivity (Wildman–Crippen MR) is 72.7 cm³/mol. The van der Waals surface area contributed by atoms with E-state index < -0.39 is 5.91 Å². The zero-order chi connectivity index (χ0) is 14.4.